The van der Waals surface area contributed by atoms with Crippen LogP contribution in [-0.2, 0) is 5.41 Å². The fourth-order valence-electron chi connectivity index (χ4n) is 4.67. The van der Waals surface area contributed by atoms with Gasteiger partial charge in [0.15, 0.2) is 0 Å². The van der Waals surface area contributed by atoms with Crippen molar-refractivity contribution < 1.29 is 0 Å². The molecule has 0 radical (unpaired) electrons. The van der Waals surface area contributed by atoms with E-state index in [1.54, 1.807) is 6.07 Å². The number of para-hydroxylation sites is 2. The summed E-state index contributed by atoms with van der Waals surface area (Å²) in [5.74, 6) is 0. The lowest BCUT2D eigenvalue weighted by molar-refractivity contribution is 0.632. The summed E-state index contributed by atoms with van der Waals surface area (Å²) in [6, 6.07) is 35.0. The van der Waals surface area contributed by atoms with Gasteiger partial charge in [-0.05, 0) is 64.7 Å². The highest BCUT2D eigenvalue weighted by Gasteiger charge is 2.36. The Morgan fingerprint density at radius 2 is 1.12 bits per heavy atom. The van der Waals surface area contributed by atoms with E-state index >= 15 is 0 Å². The van der Waals surface area contributed by atoms with Gasteiger partial charge in [0.2, 0.25) is 0 Å². The Labute approximate surface area is 188 Å². The molecule has 4 aromatic carbocycles. The van der Waals surface area contributed by atoms with E-state index in [-0.39, 0.29) is 5.41 Å². The zero-order valence-electron chi connectivity index (χ0n) is 18.0. The zero-order chi connectivity index (χ0) is 22.3. The molecule has 1 aliphatic rings. The average molecular weight is 412 g/mol. The van der Waals surface area contributed by atoms with Crippen LogP contribution in [0.2, 0.25) is 0 Å². The maximum Gasteiger partial charge on any atom is 0.0992 e. The van der Waals surface area contributed by atoms with Crippen molar-refractivity contribution in [1.82, 2.24) is 0 Å². The molecule has 152 valence electrons. The van der Waals surface area contributed by atoms with Crippen molar-refractivity contribution in [1.29, 1.82) is 10.5 Å². The van der Waals surface area contributed by atoms with Gasteiger partial charge in [-0.1, -0.05) is 62.4 Å². The molecular formula is C29H21N3. The molecule has 1 aliphatic heterocycles. The first-order valence-corrected chi connectivity index (χ1v) is 10.6. The molecule has 0 aliphatic carbocycles. The van der Waals surface area contributed by atoms with E-state index in [1.165, 1.54) is 22.5 Å². The van der Waals surface area contributed by atoms with E-state index < -0.39 is 0 Å². The summed E-state index contributed by atoms with van der Waals surface area (Å²) >= 11 is 0. The second-order valence-electron chi connectivity index (χ2n) is 8.56. The monoisotopic (exact) mass is 411 g/mol. The van der Waals surface area contributed by atoms with Gasteiger partial charge in [-0.25, -0.2) is 0 Å². The first-order valence-electron chi connectivity index (χ1n) is 10.6. The summed E-state index contributed by atoms with van der Waals surface area (Å²) in [4.78, 5) is 2.31. The number of hydrogen-bond acceptors (Lipinski definition) is 3. The summed E-state index contributed by atoms with van der Waals surface area (Å²) in [7, 11) is 0. The van der Waals surface area contributed by atoms with Gasteiger partial charge < -0.3 is 4.90 Å². The fraction of sp³-hybridized carbons (Fsp3) is 0.103. The van der Waals surface area contributed by atoms with Crippen molar-refractivity contribution in [3.05, 3.63) is 113 Å². The fourth-order valence-corrected chi connectivity index (χ4v) is 4.67. The predicted molar refractivity (Wildman–Crippen MR) is 128 cm³/mol. The van der Waals surface area contributed by atoms with Gasteiger partial charge in [-0.2, -0.15) is 10.5 Å². The van der Waals surface area contributed by atoms with Crippen LogP contribution in [0.5, 0.6) is 0 Å². The number of rotatable bonds is 2. The van der Waals surface area contributed by atoms with Gasteiger partial charge in [0, 0.05) is 11.1 Å². The van der Waals surface area contributed by atoms with E-state index in [1.807, 2.05) is 12.1 Å². The van der Waals surface area contributed by atoms with Crippen LogP contribution in [0.3, 0.4) is 0 Å². The molecule has 0 saturated heterocycles. The molecule has 0 aromatic heterocycles. The third-order valence-electron chi connectivity index (χ3n) is 6.29. The van der Waals surface area contributed by atoms with Crippen molar-refractivity contribution in [2.45, 2.75) is 19.3 Å². The number of anilines is 3. The smallest absolute Gasteiger partial charge is 0.0992 e. The first kappa shape index (κ1) is 19.6. The Kier molecular flexibility index (Phi) is 4.54. The van der Waals surface area contributed by atoms with Crippen LogP contribution in [0.4, 0.5) is 17.1 Å². The molecule has 1 heterocycles. The molecule has 0 atom stereocenters. The Balaban J connectivity index is 1.63. The van der Waals surface area contributed by atoms with Crippen LogP contribution in [0, 0.1) is 22.7 Å². The summed E-state index contributed by atoms with van der Waals surface area (Å²) in [6.45, 7) is 4.56. The van der Waals surface area contributed by atoms with Crippen LogP contribution >= 0.6 is 0 Å². The van der Waals surface area contributed by atoms with Gasteiger partial charge in [0.25, 0.3) is 0 Å². The highest BCUT2D eigenvalue weighted by molar-refractivity contribution is 5.86. The van der Waals surface area contributed by atoms with E-state index in [4.69, 9.17) is 0 Å². The Morgan fingerprint density at radius 1 is 0.625 bits per heavy atom. The number of hydrogen-bond donors (Lipinski definition) is 0. The number of nitrogens with zero attached hydrogens (tertiary/aromatic N) is 3. The SMILES string of the molecule is CC1(C)c2ccccc2N(c2ccc(-c3cc(C#N)cc(C#N)c3)cc2)c2ccccc21. The maximum absolute atomic E-state index is 9.31. The van der Waals surface area contributed by atoms with Crippen LogP contribution in [0.15, 0.2) is 91.0 Å². The molecule has 0 spiro atoms. The molecule has 4 aromatic rings. The summed E-state index contributed by atoms with van der Waals surface area (Å²) < 4.78 is 0. The molecule has 3 heteroatoms. The van der Waals surface area contributed by atoms with Crippen molar-refractivity contribution in [2.24, 2.45) is 0 Å². The standard InChI is InChI=1S/C29H21N3/c1-29(2)25-7-3-5-9-27(25)32(28-10-6-4-8-26(28)29)24-13-11-22(12-14-24)23-16-20(18-30)15-21(17-23)19-31/h3-17H,1-2H3. The second-order valence-corrected chi connectivity index (χ2v) is 8.56. The summed E-state index contributed by atoms with van der Waals surface area (Å²) in [6.07, 6.45) is 0. The quantitative estimate of drug-likeness (QED) is 0.350. The lowest BCUT2D eigenvalue weighted by Gasteiger charge is -2.42. The zero-order valence-corrected chi connectivity index (χ0v) is 18.0. The van der Waals surface area contributed by atoms with E-state index in [2.05, 4.69) is 104 Å². The minimum Gasteiger partial charge on any atom is -0.310 e. The van der Waals surface area contributed by atoms with Gasteiger partial charge in [-0.15, -0.1) is 0 Å². The molecule has 5 rings (SSSR count). The van der Waals surface area contributed by atoms with E-state index in [0.29, 0.717) is 11.1 Å². The Bertz CT molecular complexity index is 1330. The molecular weight excluding hydrogens is 390 g/mol. The topological polar surface area (TPSA) is 50.8 Å². The normalized spacial score (nSPS) is 13.4. The number of benzene rings is 4. The number of nitriles is 2. The van der Waals surface area contributed by atoms with Crippen LogP contribution in [0.1, 0.15) is 36.1 Å². The van der Waals surface area contributed by atoms with Crippen molar-refractivity contribution >= 4 is 17.1 Å². The van der Waals surface area contributed by atoms with Gasteiger partial charge in [0.05, 0.1) is 34.6 Å². The van der Waals surface area contributed by atoms with E-state index in [0.717, 1.165) is 16.8 Å². The molecule has 32 heavy (non-hydrogen) atoms. The molecule has 0 bridgehead atoms. The van der Waals surface area contributed by atoms with Gasteiger partial charge in [0.1, 0.15) is 0 Å². The molecule has 0 N–H and O–H groups in total. The third kappa shape index (κ3) is 3.04. The van der Waals surface area contributed by atoms with Crippen molar-refractivity contribution in [2.75, 3.05) is 4.90 Å². The maximum atomic E-state index is 9.31. The van der Waals surface area contributed by atoms with E-state index in [9.17, 15) is 10.5 Å². The largest absolute Gasteiger partial charge is 0.310 e. The third-order valence-corrected chi connectivity index (χ3v) is 6.29. The molecule has 0 saturated carbocycles. The van der Waals surface area contributed by atoms with Gasteiger partial charge >= 0.3 is 0 Å². The Hall–Kier alpha value is -4.34. The van der Waals surface area contributed by atoms with Crippen LogP contribution < -0.4 is 4.90 Å². The van der Waals surface area contributed by atoms with Crippen molar-refractivity contribution in [3.8, 4) is 23.3 Å². The Morgan fingerprint density at radius 3 is 1.62 bits per heavy atom. The minimum atomic E-state index is -0.0882. The predicted octanol–water partition coefficient (Wildman–Crippen LogP) is 7.21. The van der Waals surface area contributed by atoms with Crippen LogP contribution in [-0.4, -0.2) is 0 Å². The van der Waals surface area contributed by atoms with Gasteiger partial charge in [-0.3, -0.25) is 0 Å². The van der Waals surface area contributed by atoms with Crippen LogP contribution in [0.25, 0.3) is 11.1 Å². The number of fused-ring (bicyclic) bond motifs is 2. The second kappa shape index (κ2) is 7.41. The highest BCUT2D eigenvalue weighted by Crippen LogP contribution is 2.51. The lowest BCUT2D eigenvalue weighted by atomic mass is 9.73. The van der Waals surface area contributed by atoms with Crippen molar-refractivity contribution in [3.63, 3.8) is 0 Å². The summed E-state index contributed by atoms with van der Waals surface area (Å²) in [5, 5.41) is 18.6. The molecule has 3 nitrogen and oxygen atoms in total. The summed E-state index contributed by atoms with van der Waals surface area (Å²) in [5.41, 5.74) is 8.76. The molecule has 0 fully saturated rings. The first-order chi connectivity index (χ1) is 15.5. The highest BCUT2D eigenvalue weighted by atomic mass is 15.2. The molecule has 0 amide bonds. The molecule has 0 unspecified atom stereocenters. The minimum absolute atomic E-state index is 0.0882. The average Bonchev–Trinajstić information content (AvgIpc) is 2.84. The lowest BCUT2D eigenvalue weighted by Crippen LogP contribution is -2.30.